The first-order valence-corrected chi connectivity index (χ1v) is 14.2. The number of carbonyl (C=O) groups is 1. The highest BCUT2D eigenvalue weighted by Crippen LogP contribution is 2.46. The number of carbonyl (C=O) groups excluding carboxylic acids is 1. The molecule has 0 bridgehead atoms. The zero-order valence-electron chi connectivity index (χ0n) is 24.2. The molecule has 3 aromatic rings. The van der Waals surface area contributed by atoms with Gasteiger partial charge in [0, 0.05) is 56.0 Å². The molecule has 43 heavy (non-hydrogen) atoms. The molecule has 3 N–H and O–H groups in total. The number of likely N-dealkylation sites (tertiary alicyclic amines) is 1. The first kappa shape index (κ1) is 30.3. The van der Waals surface area contributed by atoms with Crippen molar-refractivity contribution < 1.29 is 32.9 Å². The minimum absolute atomic E-state index is 0.0827. The lowest BCUT2D eigenvalue weighted by Gasteiger charge is -2.42. The molecule has 1 amide bonds. The number of halogens is 2. The van der Waals surface area contributed by atoms with Gasteiger partial charge in [-0.3, -0.25) is 14.2 Å². The molecule has 230 valence electrons. The molecule has 1 aliphatic carbocycles. The highest BCUT2D eigenvalue weighted by atomic mass is 19.3. The Bertz CT molecular complexity index is 1490. The lowest BCUT2D eigenvalue weighted by atomic mass is 9.73. The molecule has 1 saturated carbocycles. The largest absolute Gasteiger partial charge is 0.496 e. The summed E-state index contributed by atoms with van der Waals surface area (Å²) in [5.41, 5.74) is 4.69. The number of nitrogens with two attached hydrogens (primary N) is 1. The van der Waals surface area contributed by atoms with E-state index in [-0.39, 0.29) is 69.2 Å². The molecule has 12 heteroatoms. The SMILES string of the molecule is COc1cc(OC)cc(Oc2ncn(CC3(O)CCN(C(=O)[C@@H]4CCC(F)(F)C[C@H]4c4ccccc4)CC3)c(=O)c2N)c1. The maximum atomic E-state index is 14.4. The second-order valence-electron chi connectivity index (χ2n) is 11.3. The van der Waals surface area contributed by atoms with Crippen LogP contribution in [0, 0.1) is 5.92 Å². The van der Waals surface area contributed by atoms with E-state index < -0.39 is 28.9 Å². The normalized spacial score (nSPS) is 21.2. The Labute approximate surface area is 248 Å². The monoisotopic (exact) mass is 598 g/mol. The van der Waals surface area contributed by atoms with Crippen molar-refractivity contribution in [2.24, 2.45) is 5.92 Å². The molecule has 1 aromatic heterocycles. The summed E-state index contributed by atoms with van der Waals surface area (Å²) in [6.45, 7) is 0.390. The van der Waals surface area contributed by atoms with E-state index in [9.17, 15) is 23.5 Å². The van der Waals surface area contributed by atoms with Gasteiger partial charge in [-0.1, -0.05) is 30.3 Å². The maximum absolute atomic E-state index is 14.4. The summed E-state index contributed by atoms with van der Waals surface area (Å²) >= 11 is 0. The van der Waals surface area contributed by atoms with E-state index >= 15 is 0 Å². The number of anilines is 1. The Hall–Kier alpha value is -4.19. The summed E-state index contributed by atoms with van der Waals surface area (Å²) < 4.78 is 46.2. The molecule has 2 fully saturated rings. The van der Waals surface area contributed by atoms with Crippen molar-refractivity contribution in [3.63, 3.8) is 0 Å². The van der Waals surface area contributed by atoms with Gasteiger partial charge < -0.3 is 30.0 Å². The van der Waals surface area contributed by atoms with E-state index in [1.807, 2.05) is 6.07 Å². The Morgan fingerprint density at radius 1 is 1.05 bits per heavy atom. The number of rotatable bonds is 8. The minimum Gasteiger partial charge on any atom is -0.496 e. The molecule has 0 radical (unpaired) electrons. The fourth-order valence-electron chi connectivity index (χ4n) is 5.97. The van der Waals surface area contributed by atoms with Gasteiger partial charge in [0.1, 0.15) is 23.6 Å². The fraction of sp³-hybridized carbons (Fsp3) is 0.452. The van der Waals surface area contributed by atoms with Crippen LogP contribution >= 0.6 is 0 Å². The summed E-state index contributed by atoms with van der Waals surface area (Å²) in [7, 11) is 2.99. The summed E-state index contributed by atoms with van der Waals surface area (Å²) in [6, 6.07) is 13.8. The predicted molar refractivity (Wildman–Crippen MR) is 155 cm³/mol. The van der Waals surface area contributed by atoms with Crippen LogP contribution in [-0.4, -0.2) is 64.3 Å². The maximum Gasteiger partial charge on any atom is 0.280 e. The number of hydrogen-bond acceptors (Lipinski definition) is 8. The van der Waals surface area contributed by atoms with Gasteiger partial charge in [-0.25, -0.2) is 13.8 Å². The Balaban J connectivity index is 1.25. The summed E-state index contributed by atoms with van der Waals surface area (Å²) in [6.07, 6.45) is 1.06. The third kappa shape index (κ3) is 6.74. The average molecular weight is 599 g/mol. The lowest BCUT2D eigenvalue weighted by Crippen LogP contribution is -2.52. The van der Waals surface area contributed by atoms with Gasteiger partial charge in [0.2, 0.25) is 17.7 Å². The van der Waals surface area contributed by atoms with Crippen molar-refractivity contribution in [1.82, 2.24) is 14.5 Å². The first-order valence-electron chi connectivity index (χ1n) is 14.2. The molecule has 2 atom stereocenters. The number of hydrogen-bond donors (Lipinski definition) is 2. The quantitative estimate of drug-likeness (QED) is 0.395. The number of piperidine rings is 1. The van der Waals surface area contributed by atoms with E-state index in [2.05, 4.69) is 4.98 Å². The average Bonchev–Trinajstić information content (AvgIpc) is 3.00. The van der Waals surface area contributed by atoms with Gasteiger partial charge in [-0.05, 0) is 24.8 Å². The Morgan fingerprint density at radius 2 is 1.67 bits per heavy atom. The molecule has 10 nitrogen and oxygen atoms in total. The number of aromatic nitrogens is 2. The van der Waals surface area contributed by atoms with Crippen LogP contribution in [0.1, 0.15) is 43.6 Å². The summed E-state index contributed by atoms with van der Waals surface area (Å²) in [5.74, 6) is -2.97. The van der Waals surface area contributed by atoms with Gasteiger partial charge >= 0.3 is 0 Å². The number of amides is 1. The molecular formula is C31H36F2N4O6. The Morgan fingerprint density at radius 3 is 2.30 bits per heavy atom. The number of ether oxygens (including phenoxy) is 3. The number of nitrogens with zero attached hydrogens (tertiary/aromatic N) is 3. The van der Waals surface area contributed by atoms with Crippen LogP contribution in [-0.2, 0) is 11.3 Å². The lowest BCUT2D eigenvalue weighted by molar-refractivity contribution is -0.145. The smallest absolute Gasteiger partial charge is 0.280 e. The van der Waals surface area contributed by atoms with Crippen LogP contribution in [0.2, 0.25) is 0 Å². The molecule has 2 heterocycles. The first-order chi connectivity index (χ1) is 20.5. The van der Waals surface area contributed by atoms with Crippen LogP contribution in [0.15, 0.2) is 59.7 Å². The van der Waals surface area contributed by atoms with Crippen molar-refractivity contribution in [2.75, 3.05) is 33.0 Å². The van der Waals surface area contributed by atoms with Crippen molar-refractivity contribution in [2.45, 2.75) is 56.1 Å². The highest BCUT2D eigenvalue weighted by Gasteiger charge is 2.46. The van der Waals surface area contributed by atoms with Crippen LogP contribution in [0.25, 0.3) is 0 Å². The van der Waals surface area contributed by atoms with Gasteiger partial charge in [-0.2, -0.15) is 0 Å². The van der Waals surface area contributed by atoms with Gasteiger partial charge in [-0.15, -0.1) is 0 Å². The predicted octanol–water partition coefficient (Wildman–Crippen LogP) is 4.21. The zero-order valence-corrected chi connectivity index (χ0v) is 24.2. The topological polar surface area (TPSA) is 129 Å². The van der Waals surface area contributed by atoms with Crippen LogP contribution < -0.4 is 25.5 Å². The minimum atomic E-state index is -2.82. The van der Waals surface area contributed by atoms with Gasteiger partial charge in [0.05, 0.1) is 26.4 Å². The van der Waals surface area contributed by atoms with Gasteiger partial charge in [0.25, 0.3) is 5.56 Å². The fourth-order valence-corrected chi connectivity index (χ4v) is 5.97. The molecule has 0 unspecified atom stereocenters. The second-order valence-corrected chi connectivity index (χ2v) is 11.3. The number of nitrogen functional groups attached to an aromatic ring is 1. The van der Waals surface area contributed by atoms with Crippen molar-refractivity contribution in [3.8, 4) is 23.1 Å². The van der Waals surface area contributed by atoms with E-state index in [0.717, 1.165) is 5.56 Å². The van der Waals surface area contributed by atoms with Crippen molar-refractivity contribution in [3.05, 3.63) is 70.8 Å². The van der Waals surface area contributed by atoms with Crippen LogP contribution in [0.4, 0.5) is 14.5 Å². The molecule has 1 saturated heterocycles. The van der Waals surface area contributed by atoms with Crippen LogP contribution in [0.3, 0.4) is 0 Å². The van der Waals surface area contributed by atoms with E-state index in [1.165, 1.54) is 25.1 Å². The molecule has 2 aliphatic rings. The molecule has 2 aromatic carbocycles. The second kappa shape index (κ2) is 12.2. The third-order valence-corrected chi connectivity index (χ3v) is 8.42. The van der Waals surface area contributed by atoms with Crippen molar-refractivity contribution in [1.29, 1.82) is 0 Å². The number of alkyl halides is 2. The van der Waals surface area contributed by atoms with Crippen LogP contribution in [0.5, 0.6) is 23.1 Å². The molecular weight excluding hydrogens is 562 g/mol. The highest BCUT2D eigenvalue weighted by molar-refractivity contribution is 5.80. The molecule has 0 spiro atoms. The standard InChI is InChI=1S/C31H36F2N4O6/c1-41-21-14-22(42-2)16-23(15-21)43-27-26(34)29(39)37(19-35-27)18-30(40)10-12-36(13-11-30)28(38)24-8-9-31(32,33)17-25(24)20-6-4-3-5-7-20/h3-7,14-16,19,24-25,40H,8-13,17-18,34H2,1-2H3/t24-,25+/m1/s1. The third-order valence-electron chi connectivity index (χ3n) is 8.42. The number of methoxy groups -OCH3 is 2. The van der Waals surface area contributed by atoms with E-state index in [0.29, 0.717) is 17.2 Å². The Kier molecular flexibility index (Phi) is 8.59. The molecule has 5 rings (SSSR count). The number of aliphatic hydroxyl groups is 1. The summed E-state index contributed by atoms with van der Waals surface area (Å²) in [4.78, 5) is 32.5. The van der Waals surface area contributed by atoms with Crippen molar-refractivity contribution >= 4 is 11.6 Å². The van der Waals surface area contributed by atoms with E-state index in [1.54, 1.807) is 47.4 Å². The molecule has 1 aliphatic heterocycles. The zero-order chi connectivity index (χ0) is 30.8. The van der Waals surface area contributed by atoms with E-state index in [4.69, 9.17) is 19.9 Å². The number of benzene rings is 2. The summed E-state index contributed by atoms with van der Waals surface area (Å²) in [5, 5.41) is 11.3. The van der Waals surface area contributed by atoms with Gasteiger partial charge in [0.15, 0.2) is 5.69 Å².